The van der Waals surface area contributed by atoms with E-state index in [4.69, 9.17) is 22.1 Å². The molecule has 5 heteroatoms. The third-order valence-corrected chi connectivity index (χ3v) is 2.91. The topological polar surface area (TPSA) is 35.2 Å². The second kappa shape index (κ2) is 4.94. The third kappa shape index (κ3) is 2.90. The van der Waals surface area contributed by atoms with Crippen molar-refractivity contribution in [3.63, 3.8) is 0 Å². The zero-order valence-corrected chi connectivity index (χ0v) is 10.9. The van der Waals surface area contributed by atoms with Crippen LogP contribution in [0.4, 0.5) is 10.1 Å². The highest BCUT2D eigenvalue weighted by atomic mass is 79.9. The van der Waals surface area contributed by atoms with Crippen LogP contribution in [0.2, 0.25) is 5.02 Å². The number of anilines is 1. The number of ether oxygens (including phenoxy) is 1. The molecule has 0 fully saturated rings. The van der Waals surface area contributed by atoms with Gasteiger partial charge in [0.1, 0.15) is 11.6 Å². The summed E-state index contributed by atoms with van der Waals surface area (Å²) >= 11 is 8.97. The Hall–Kier alpha value is -1.26. The predicted octanol–water partition coefficient (Wildman–Crippen LogP) is 4.62. The number of halogens is 3. The summed E-state index contributed by atoms with van der Waals surface area (Å²) in [6.07, 6.45) is 0. The van der Waals surface area contributed by atoms with Crippen LogP contribution in [0.1, 0.15) is 0 Å². The maximum Gasteiger partial charge on any atom is 0.151 e. The average Bonchev–Trinajstić information content (AvgIpc) is 2.29. The maximum atomic E-state index is 13.1. The molecule has 0 atom stereocenters. The van der Waals surface area contributed by atoms with Crippen LogP contribution in [0.15, 0.2) is 40.9 Å². The first kappa shape index (κ1) is 12.2. The highest BCUT2D eigenvalue weighted by Crippen LogP contribution is 2.32. The average molecular weight is 317 g/mol. The SMILES string of the molecule is Nc1cc(F)c(Cl)cc1Oc1ccc(Br)cc1. The number of nitrogen functional groups attached to an aromatic ring is 1. The molecule has 0 amide bonds. The van der Waals surface area contributed by atoms with E-state index in [-0.39, 0.29) is 10.7 Å². The van der Waals surface area contributed by atoms with Gasteiger partial charge in [-0.25, -0.2) is 4.39 Å². The molecule has 0 aliphatic heterocycles. The Balaban J connectivity index is 2.30. The van der Waals surface area contributed by atoms with Crippen molar-refractivity contribution < 1.29 is 9.13 Å². The molecule has 2 nitrogen and oxygen atoms in total. The second-order valence-corrected chi connectivity index (χ2v) is 4.68. The smallest absolute Gasteiger partial charge is 0.151 e. The van der Waals surface area contributed by atoms with Crippen molar-refractivity contribution in [2.45, 2.75) is 0 Å². The predicted molar refractivity (Wildman–Crippen MR) is 70.0 cm³/mol. The molecule has 0 unspecified atom stereocenters. The molecule has 0 heterocycles. The number of hydrogen-bond donors (Lipinski definition) is 1. The summed E-state index contributed by atoms with van der Waals surface area (Å²) in [5.41, 5.74) is 5.84. The molecule has 0 radical (unpaired) electrons. The number of nitrogens with two attached hydrogens (primary N) is 1. The molecule has 0 aliphatic rings. The Morgan fingerprint density at radius 2 is 1.82 bits per heavy atom. The van der Waals surface area contributed by atoms with Crippen molar-refractivity contribution >= 4 is 33.2 Å². The Bertz CT molecular complexity index is 545. The van der Waals surface area contributed by atoms with Gasteiger partial charge in [-0.1, -0.05) is 27.5 Å². The van der Waals surface area contributed by atoms with Gasteiger partial charge in [0.25, 0.3) is 0 Å². The normalized spacial score (nSPS) is 10.3. The van der Waals surface area contributed by atoms with Gasteiger partial charge in [-0.05, 0) is 24.3 Å². The summed E-state index contributed by atoms with van der Waals surface area (Å²) in [5, 5.41) is -0.0219. The van der Waals surface area contributed by atoms with Crippen LogP contribution in [-0.2, 0) is 0 Å². The van der Waals surface area contributed by atoms with Crippen molar-refractivity contribution in [3.8, 4) is 11.5 Å². The number of benzene rings is 2. The molecule has 0 aromatic heterocycles. The molecule has 0 spiro atoms. The van der Waals surface area contributed by atoms with E-state index in [0.717, 1.165) is 10.5 Å². The van der Waals surface area contributed by atoms with E-state index in [0.29, 0.717) is 11.5 Å². The molecule has 0 bridgehead atoms. The molecule has 17 heavy (non-hydrogen) atoms. The van der Waals surface area contributed by atoms with E-state index >= 15 is 0 Å². The molecule has 88 valence electrons. The van der Waals surface area contributed by atoms with Gasteiger partial charge in [-0.2, -0.15) is 0 Å². The van der Waals surface area contributed by atoms with E-state index in [1.165, 1.54) is 6.07 Å². The summed E-state index contributed by atoms with van der Waals surface area (Å²) in [6, 6.07) is 9.68. The summed E-state index contributed by atoms with van der Waals surface area (Å²) < 4.78 is 19.5. The highest BCUT2D eigenvalue weighted by molar-refractivity contribution is 9.10. The molecule has 2 aromatic carbocycles. The van der Waals surface area contributed by atoms with Crippen molar-refractivity contribution in [1.82, 2.24) is 0 Å². The standard InChI is InChI=1S/C12H8BrClFNO/c13-7-1-3-8(4-2-7)17-12-5-9(14)10(15)6-11(12)16/h1-6H,16H2. The zero-order valence-electron chi connectivity index (χ0n) is 8.58. The number of rotatable bonds is 2. The Morgan fingerprint density at radius 1 is 1.18 bits per heavy atom. The first-order valence-electron chi connectivity index (χ1n) is 4.74. The van der Waals surface area contributed by atoms with Gasteiger partial charge in [-0.3, -0.25) is 0 Å². The van der Waals surface area contributed by atoms with Gasteiger partial charge in [0.05, 0.1) is 10.7 Å². The van der Waals surface area contributed by atoms with E-state index in [9.17, 15) is 4.39 Å². The first-order chi connectivity index (χ1) is 8.06. The molecular weight excluding hydrogens is 308 g/mol. The monoisotopic (exact) mass is 315 g/mol. The molecule has 0 saturated carbocycles. The fourth-order valence-electron chi connectivity index (χ4n) is 1.26. The highest BCUT2D eigenvalue weighted by Gasteiger charge is 2.08. The van der Waals surface area contributed by atoms with Crippen molar-refractivity contribution in [2.75, 3.05) is 5.73 Å². The Kier molecular flexibility index (Phi) is 3.54. The van der Waals surface area contributed by atoms with Gasteiger partial charge in [0, 0.05) is 16.6 Å². The molecule has 2 N–H and O–H groups in total. The maximum absolute atomic E-state index is 13.1. The fourth-order valence-corrected chi connectivity index (χ4v) is 1.68. The molecule has 2 aromatic rings. The summed E-state index contributed by atoms with van der Waals surface area (Å²) in [4.78, 5) is 0. The minimum atomic E-state index is -0.563. The minimum absolute atomic E-state index is 0.0219. The summed E-state index contributed by atoms with van der Waals surface area (Å²) in [5.74, 6) is 0.369. The van der Waals surface area contributed by atoms with E-state index in [1.54, 1.807) is 12.1 Å². The summed E-state index contributed by atoms with van der Waals surface area (Å²) in [7, 11) is 0. The lowest BCUT2D eigenvalue weighted by Gasteiger charge is -2.09. The Morgan fingerprint density at radius 3 is 2.47 bits per heavy atom. The first-order valence-corrected chi connectivity index (χ1v) is 5.91. The lowest BCUT2D eigenvalue weighted by molar-refractivity contribution is 0.483. The van der Waals surface area contributed by atoms with Crippen LogP contribution in [-0.4, -0.2) is 0 Å². The quantitative estimate of drug-likeness (QED) is 0.821. The fraction of sp³-hybridized carbons (Fsp3) is 0. The van der Waals surface area contributed by atoms with E-state index in [2.05, 4.69) is 15.9 Å². The van der Waals surface area contributed by atoms with Crippen LogP contribution in [0.5, 0.6) is 11.5 Å². The van der Waals surface area contributed by atoms with Crippen LogP contribution >= 0.6 is 27.5 Å². The molecule has 2 rings (SSSR count). The van der Waals surface area contributed by atoms with Crippen LogP contribution in [0.25, 0.3) is 0 Å². The van der Waals surface area contributed by atoms with Crippen molar-refractivity contribution in [1.29, 1.82) is 0 Å². The summed E-state index contributed by atoms with van der Waals surface area (Å²) in [6.45, 7) is 0. The van der Waals surface area contributed by atoms with Crippen LogP contribution in [0.3, 0.4) is 0 Å². The van der Waals surface area contributed by atoms with Gasteiger partial charge < -0.3 is 10.5 Å². The van der Waals surface area contributed by atoms with Gasteiger partial charge >= 0.3 is 0 Å². The van der Waals surface area contributed by atoms with E-state index in [1.807, 2.05) is 12.1 Å². The molecule has 0 saturated heterocycles. The lowest BCUT2D eigenvalue weighted by Crippen LogP contribution is -1.93. The minimum Gasteiger partial charge on any atom is -0.455 e. The van der Waals surface area contributed by atoms with E-state index < -0.39 is 5.82 Å². The van der Waals surface area contributed by atoms with Crippen LogP contribution in [0, 0.1) is 5.82 Å². The lowest BCUT2D eigenvalue weighted by atomic mass is 10.3. The van der Waals surface area contributed by atoms with Gasteiger partial charge in [0.2, 0.25) is 0 Å². The Labute approximate surface area is 111 Å². The van der Waals surface area contributed by atoms with Gasteiger partial charge in [-0.15, -0.1) is 0 Å². The zero-order chi connectivity index (χ0) is 12.4. The largest absolute Gasteiger partial charge is 0.455 e. The third-order valence-electron chi connectivity index (χ3n) is 2.09. The van der Waals surface area contributed by atoms with Crippen molar-refractivity contribution in [2.24, 2.45) is 0 Å². The van der Waals surface area contributed by atoms with Crippen LogP contribution < -0.4 is 10.5 Å². The van der Waals surface area contributed by atoms with Gasteiger partial charge in [0.15, 0.2) is 5.75 Å². The molecule has 0 aliphatic carbocycles. The molecular formula is C12H8BrClFNO. The van der Waals surface area contributed by atoms with Crippen molar-refractivity contribution in [3.05, 3.63) is 51.7 Å². The second-order valence-electron chi connectivity index (χ2n) is 3.36. The number of hydrogen-bond acceptors (Lipinski definition) is 2.